The van der Waals surface area contributed by atoms with Crippen LogP contribution in [0.5, 0.6) is 0 Å². The summed E-state index contributed by atoms with van der Waals surface area (Å²) in [7, 11) is 0. The Bertz CT molecular complexity index is 497. The summed E-state index contributed by atoms with van der Waals surface area (Å²) in [5, 5.41) is 18.9. The molecule has 0 spiro atoms. The average molecular weight is 286 g/mol. The summed E-state index contributed by atoms with van der Waals surface area (Å²) >= 11 is 7.02. The molecule has 2 rings (SSSR count). The van der Waals surface area contributed by atoms with Gasteiger partial charge >= 0.3 is 5.97 Å². The van der Waals surface area contributed by atoms with Crippen LogP contribution in [-0.2, 0) is 4.79 Å². The van der Waals surface area contributed by atoms with E-state index in [9.17, 15) is 4.79 Å². The minimum absolute atomic E-state index is 0.0696. The largest absolute Gasteiger partial charge is 0.481 e. The highest BCUT2D eigenvalue weighted by Gasteiger charge is 2.28. The van der Waals surface area contributed by atoms with E-state index in [1.54, 1.807) is 0 Å². The zero-order chi connectivity index (χ0) is 13.1. The monoisotopic (exact) mass is 285 g/mol. The Morgan fingerprint density at radius 1 is 1.67 bits per heavy atom. The van der Waals surface area contributed by atoms with E-state index < -0.39 is 5.97 Å². The third kappa shape index (κ3) is 2.57. The lowest BCUT2D eigenvalue weighted by Crippen LogP contribution is -2.40. The number of hydrogen-bond donors (Lipinski definition) is 1. The van der Waals surface area contributed by atoms with Crippen LogP contribution in [0.25, 0.3) is 0 Å². The van der Waals surface area contributed by atoms with Gasteiger partial charge < -0.3 is 10.0 Å². The van der Waals surface area contributed by atoms with Crippen molar-refractivity contribution in [1.82, 2.24) is 4.37 Å². The minimum atomic E-state index is -0.819. The number of piperidine rings is 1. The zero-order valence-electron chi connectivity index (χ0n) is 9.60. The second-order valence-electron chi connectivity index (χ2n) is 4.21. The van der Waals surface area contributed by atoms with Crippen molar-refractivity contribution in [1.29, 1.82) is 5.26 Å². The van der Waals surface area contributed by atoms with Gasteiger partial charge in [0, 0.05) is 12.6 Å². The Morgan fingerprint density at radius 2 is 2.44 bits per heavy atom. The van der Waals surface area contributed by atoms with E-state index in [0.29, 0.717) is 10.6 Å². The third-order valence-corrected chi connectivity index (χ3v) is 4.30. The number of hydrogen-bond acceptors (Lipinski definition) is 5. The van der Waals surface area contributed by atoms with E-state index in [0.717, 1.165) is 25.8 Å². The molecule has 1 aromatic heterocycles. The number of nitriles is 1. The first-order chi connectivity index (χ1) is 8.63. The van der Waals surface area contributed by atoms with Crippen molar-refractivity contribution in [3.8, 4) is 6.07 Å². The fourth-order valence-corrected chi connectivity index (χ4v) is 3.36. The van der Waals surface area contributed by atoms with Gasteiger partial charge in [0.05, 0.1) is 6.42 Å². The van der Waals surface area contributed by atoms with E-state index >= 15 is 0 Å². The molecule has 1 unspecified atom stereocenters. The van der Waals surface area contributed by atoms with Crippen molar-refractivity contribution in [2.75, 3.05) is 11.4 Å². The van der Waals surface area contributed by atoms with Gasteiger partial charge in [0.2, 0.25) is 0 Å². The summed E-state index contributed by atoms with van der Waals surface area (Å²) < 4.78 is 3.97. The number of carbonyl (C=O) groups is 1. The fourth-order valence-electron chi connectivity index (χ4n) is 2.23. The summed E-state index contributed by atoms with van der Waals surface area (Å²) in [6.45, 7) is 0.755. The van der Waals surface area contributed by atoms with Gasteiger partial charge in [-0.3, -0.25) is 4.79 Å². The predicted molar refractivity (Wildman–Crippen MR) is 69.1 cm³/mol. The van der Waals surface area contributed by atoms with Crippen molar-refractivity contribution in [2.45, 2.75) is 31.7 Å². The standard InChI is InChI=1S/C11H12ClN3O2S/c12-10-8(6-13)11(18-14-10)15-4-2-1-3-7(15)5-9(16)17/h7H,1-5H2,(H,16,17). The lowest BCUT2D eigenvalue weighted by atomic mass is 9.99. The summed E-state index contributed by atoms with van der Waals surface area (Å²) in [4.78, 5) is 12.8. The summed E-state index contributed by atoms with van der Waals surface area (Å²) in [6.07, 6.45) is 2.92. The van der Waals surface area contributed by atoms with Crippen molar-refractivity contribution in [3.63, 3.8) is 0 Å². The number of carboxylic acids is 1. The van der Waals surface area contributed by atoms with Crippen LogP contribution in [0.1, 0.15) is 31.2 Å². The van der Waals surface area contributed by atoms with Crippen LogP contribution in [-0.4, -0.2) is 28.0 Å². The van der Waals surface area contributed by atoms with E-state index in [1.807, 2.05) is 11.0 Å². The number of aromatic nitrogens is 1. The van der Waals surface area contributed by atoms with Gasteiger partial charge in [-0.15, -0.1) is 0 Å². The number of halogens is 1. The molecule has 1 N–H and O–H groups in total. The average Bonchev–Trinajstić information content (AvgIpc) is 2.70. The number of carboxylic acid groups (broad SMARTS) is 1. The number of aliphatic carboxylic acids is 1. The van der Waals surface area contributed by atoms with Crippen LogP contribution in [0.15, 0.2) is 0 Å². The van der Waals surface area contributed by atoms with Gasteiger partial charge in [0.1, 0.15) is 16.6 Å². The predicted octanol–water partition coefficient (Wildman–Crippen LogP) is 2.50. The lowest BCUT2D eigenvalue weighted by Gasteiger charge is -2.35. The Kier molecular flexibility index (Phi) is 4.04. The molecule has 18 heavy (non-hydrogen) atoms. The molecule has 7 heteroatoms. The van der Waals surface area contributed by atoms with Gasteiger partial charge in [-0.25, -0.2) is 0 Å². The van der Waals surface area contributed by atoms with Gasteiger partial charge in [-0.2, -0.15) is 9.64 Å². The highest BCUT2D eigenvalue weighted by Crippen LogP contribution is 2.35. The molecule has 0 radical (unpaired) electrons. The van der Waals surface area contributed by atoms with Crippen LogP contribution in [0, 0.1) is 11.3 Å². The van der Waals surface area contributed by atoms with Crippen LogP contribution in [0.4, 0.5) is 5.00 Å². The summed E-state index contributed by atoms with van der Waals surface area (Å²) in [6, 6.07) is 1.97. The quantitative estimate of drug-likeness (QED) is 0.923. The summed E-state index contributed by atoms with van der Waals surface area (Å²) in [5.41, 5.74) is 0.360. The topological polar surface area (TPSA) is 77.2 Å². The molecule has 0 bridgehead atoms. The molecule has 5 nitrogen and oxygen atoms in total. The second kappa shape index (κ2) is 5.55. The molecule has 1 aliphatic rings. The highest BCUT2D eigenvalue weighted by atomic mass is 35.5. The molecule has 1 aliphatic heterocycles. The van der Waals surface area contributed by atoms with E-state index in [-0.39, 0.29) is 17.6 Å². The molecule has 0 aliphatic carbocycles. The van der Waals surface area contributed by atoms with Crippen LogP contribution in [0.2, 0.25) is 5.15 Å². The number of anilines is 1. The van der Waals surface area contributed by atoms with Crippen LogP contribution < -0.4 is 4.90 Å². The maximum Gasteiger partial charge on any atom is 0.305 e. The molecule has 2 heterocycles. The highest BCUT2D eigenvalue weighted by molar-refractivity contribution is 7.10. The SMILES string of the molecule is N#Cc1c(Cl)nsc1N1CCCCC1CC(=O)O. The molecular formula is C11H12ClN3O2S. The molecule has 1 saturated heterocycles. The molecule has 0 saturated carbocycles. The first-order valence-corrected chi connectivity index (χ1v) is 6.82. The van der Waals surface area contributed by atoms with Crippen molar-refractivity contribution in [3.05, 3.63) is 10.7 Å². The maximum absolute atomic E-state index is 10.9. The maximum atomic E-state index is 10.9. The molecule has 1 fully saturated rings. The minimum Gasteiger partial charge on any atom is -0.481 e. The third-order valence-electron chi connectivity index (χ3n) is 3.04. The molecule has 1 atom stereocenters. The normalized spacial score (nSPS) is 19.6. The fraction of sp³-hybridized carbons (Fsp3) is 0.545. The Balaban J connectivity index is 2.28. The van der Waals surface area contributed by atoms with E-state index in [1.165, 1.54) is 11.5 Å². The van der Waals surface area contributed by atoms with Crippen LogP contribution >= 0.6 is 23.1 Å². The van der Waals surface area contributed by atoms with Gasteiger partial charge in [-0.05, 0) is 30.8 Å². The van der Waals surface area contributed by atoms with E-state index in [2.05, 4.69) is 4.37 Å². The zero-order valence-corrected chi connectivity index (χ0v) is 11.2. The smallest absolute Gasteiger partial charge is 0.305 e. The van der Waals surface area contributed by atoms with Gasteiger partial charge in [0.15, 0.2) is 5.15 Å². The Hall–Kier alpha value is -1.32. The Labute approximate surface area is 114 Å². The molecule has 96 valence electrons. The first kappa shape index (κ1) is 13.1. The van der Waals surface area contributed by atoms with E-state index in [4.69, 9.17) is 22.0 Å². The number of nitrogens with zero attached hydrogens (tertiary/aromatic N) is 3. The second-order valence-corrected chi connectivity index (χ2v) is 5.32. The molecular weight excluding hydrogens is 274 g/mol. The van der Waals surface area contributed by atoms with Crippen molar-refractivity contribution in [2.24, 2.45) is 0 Å². The molecule has 0 aromatic carbocycles. The number of rotatable bonds is 3. The lowest BCUT2D eigenvalue weighted by molar-refractivity contribution is -0.137. The summed E-state index contributed by atoms with van der Waals surface area (Å²) in [5.74, 6) is -0.819. The van der Waals surface area contributed by atoms with Gasteiger partial charge in [0.25, 0.3) is 0 Å². The molecule has 0 amide bonds. The van der Waals surface area contributed by atoms with Crippen molar-refractivity contribution >= 4 is 34.1 Å². The Morgan fingerprint density at radius 3 is 3.11 bits per heavy atom. The van der Waals surface area contributed by atoms with Crippen molar-refractivity contribution < 1.29 is 9.90 Å². The molecule has 1 aromatic rings. The first-order valence-electron chi connectivity index (χ1n) is 5.67. The van der Waals surface area contributed by atoms with Crippen LogP contribution in [0.3, 0.4) is 0 Å². The van der Waals surface area contributed by atoms with Gasteiger partial charge in [-0.1, -0.05) is 11.6 Å².